The third-order valence-electron chi connectivity index (χ3n) is 4.77. The van der Waals surface area contributed by atoms with E-state index >= 15 is 0 Å². The van der Waals surface area contributed by atoms with Crippen LogP contribution in [0.2, 0.25) is 19.6 Å². The van der Waals surface area contributed by atoms with Crippen LogP contribution in [0.1, 0.15) is 97.3 Å². The Bertz CT molecular complexity index is 520. The molecule has 0 aromatic heterocycles. The van der Waals surface area contributed by atoms with Crippen molar-refractivity contribution >= 4 is 19.9 Å². The molecule has 0 aromatic carbocycles. The number of hydrogen-bond acceptors (Lipinski definition) is 2. The van der Waals surface area contributed by atoms with Crippen molar-refractivity contribution in [3.63, 3.8) is 0 Å². The number of nitrogens with two attached hydrogens (primary N) is 2. The third kappa shape index (κ3) is 34.5. The summed E-state index contributed by atoms with van der Waals surface area (Å²) in [6, 6.07) is 0. The van der Waals surface area contributed by atoms with Crippen LogP contribution in [0.4, 0.5) is 0 Å². The number of amides is 2. The average Bonchev–Trinajstić information content (AvgIpc) is 3.08. The molecule has 0 radical (unpaired) electrons. The minimum absolute atomic E-state index is 0. The van der Waals surface area contributed by atoms with E-state index in [0.29, 0.717) is 12.8 Å². The molecule has 1 rings (SSSR count). The molecule has 0 fully saturated rings. The predicted octanol–water partition coefficient (Wildman–Crippen LogP) is -5.70. The van der Waals surface area contributed by atoms with Gasteiger partial charge in [0.05, 0.1) is 0 Å². The first-order valence-corrected chi connectivity index (χ1v) is 15.9. The van der Waals surface area contributed by atoms with Gasteiger partial charge in [0.25, 0.3) is 0 Å². The Hall–Kier alpha value is 0.381. The SMILES string of the molecule is CCCCCCCC(N)=O.CCCCCCCC(N)=O.C[Si](C)(C)C1=[C]([V+4])CC=C1.[Cl-].[Cl-].[Cl-].[Cl-]. The fourth-order valence-corrected chi connectivity index (χ4v) is 6.42. The van der Waals surface area contributed by atoms with Crippen LogP contribution in [-0.2, 0) is 27.0 Å². The van der Waals surface area contributed by atoms with Gasteiger partial charge >= 0.3 is 73.2 Å². The number of halogens is 4. The summed E-state index contributed by atoms with van der Waals surface area (Å²) in [5, 5.41) is 1.63. The molecular weight excluding hydrogens is 569 g/mol. The maximum Gasteiger partial charge on any atom is -1.00 e. The van der Waals surface area contributed by atoms with E-state index < -0.39 is 8.07 Å². The number of rotatable bonds is 13. The number of carbonyl (C=O) groups is 2. The van der Waals surface area contributed by atoms with Crippen LogP contribution in [-0.4, -0.2) is 19.9 Å². The third-order valence-corrected chi connectivity index (χ3v) is 7.85. The zero-order valence-corrected chi connectivity index (χ0v) is 27.2. The largest absolute Gasteiger partial charge is 1.00 e. The summed E-state index contributed by atoms with van der Waals surface area (Å²) in [5.41, 5.74) is 9.94. The molecule has 0 atom stereocenters. The van der Waals surface area contributed by atoms with Gasteiger partial charge in [-0.15, -0.1) is 0 Å². The van der Waals surface area contributed by atoms with Gasteiger partial charge in [-0.25, -0.2) is 0 Å². The van der Waals surface area contributed by atoms with Crippen molar-refractivity contribution in [2.45, 2.75) is 117 Å². The molecule has 4 N–H and O–H groups in total. The van der Waals surface area contributed by atoms with Crippen molar-refractivity contribution in [1.82, 2.24) is 0 Å². The molecule has 1 aliphatic rings. The molecular formula is C24H47Cl4N2O2SiV. The Morgan fingerprint density at radius 2 is 1.12 bits per heavy atom. The predicted molar refractivity (Wildman–Crippen MR) is 129 cm³/mol. The minimum atomic E-state index is -1.01. The first kappa shape index (κ1) is 47.6. The number of unbranched alkanes of at least 4 members (excludes halogenated alkanes) is 8. The first-order valence-electron chi connectivity index (χ1n) is 11.7. The van der Waals surface area contributed by atoms with E-state index in [9.17, 15) is 9.59 Å². The van der Waals surface area contributed by atoms with Crippen molar-refractivity contribution in [3.8, 4) is 0 Å². The van der Waals surface area contributed by atoms with E-state index in [1.54, 1.807) is 5.20 Å². The van der Waals surface area contributed by atoms with Crippen molar-refractivity contribution < 1.29 is 76.6 Å². The molecule has 0 heterocycles. The fourth-order valence-electron chi connectivity index (χ4n) is 2.98. The van der Waals surface area contributed by atoms with Gasteiger partial charge in [-0.3, -0.25) is 9.59 Å². The van der Waals surface area contributed by atoms with Crippen molar-refractivity contribution in [2.75, 3.05) is 0 Å². The molecule has 0 spiro atoms. The molecule has 4 nitrogen and oxygen atoms in total. The summed E-state index contributed by atoms with van der Waals surface area (Å²) in [6.07, 6.45) is 18.6. The normalized spacial score (nSPS) is 11.3. The summed E-state index contributed by atoms with van der Waals surface area (Å²) in [6.45, 7) is 11.5. The molecule has 0 aliphatic heterocycles. The van der Waals surface area contributed by atoms with Crippen LogP contribution in [0.15, 0.2) is 21.6 Å². The summed E-state index contributed by atoms with van der Waals surface area (Å²) in [7, 11) is -1.01. The molecule has 0 saturated heterocycles. The smallest absolute Gasteiger partial charge is 1.00 e. The topological polar surface area (TPSA) is 86.2 Å². The summed E-state index contributed by atoms with van der Waals surface area (Å²) in [4.78, 5) is 20.5. The summed E-state index contributed by atoms with van der Waals surface area (Å²) >= 11 is 2.70. The molecule has 202 valence electrons. The van der Waals surface area contributed by atoms with Crippen molar-refractivity contribution in [1.29, 1.82) is 0 Å². The average molecular weight is 616 g/mol. The maximum absolute atomic E-state index is 10.3. The van der Waals surface area contributed by atoms with Crippen LogP contribution in [0.25, 0.3) is 0 Å². The molecule has 0 saturated carbocycles. The van der Waals surface area contributed by atoms with Gasteiger partial charge in [0.1, 0.15) is 0 Å². The Labute approximate surface area is 245 Å². The zero-order chi connectivity index (χ0) is 23.4. The van der Waals surface area contributed by atoms with E-state index in [0.717, 1.165) is 25.7 Å². The molecule has 34 heavy (non-hydrogen) atoms. The van der Waals surface area contributed by atoms with E-state index in [1.165, 1.54) is 49.2 Å². The summed E-state index contributed by atoms with van der Waals surface area (Å²) in [5.74, 6) is -0.340. The van der Waals surface area contributed by atoms with Gasteiger partial charge < -0.3 is 61.1 Å². The Morgan fingerprint density at radius 3 is 1.32 bits per heavy atom. The molecule has 2 amide bonds. The van der Waals surface area contributed by atoms with Gasteiger partial charge in [0, 0.05) is 12.8 Å². The number of carbonyl (C=O) groups excluding carboxylic acids is 2. The zero-order valence-electron chi connectivity index (χ0n) is 21.8. The van der Waals surface area contributed by atoms with Gasteiger partial charge in [0.15, 0.2) is 0 Å². The van der Waals surface area contributed by atoms with Gasteiger partial charge in [0.2, 0.25) is 11.8 Å². The van der Waals surface area contributed by atoms with Crippen LogP contribution in [0.3, 0.4) is 0 Å². The van der Waals surface area contributed by atoms with E-state index in [-0.39, 0.29) is 61.4 Å². The fraction of sp³-hybridized carbons (Fsp3) is 0.750. The number of allylic oxidation sites excluding steroid dienone is 4. The second-order valence-electron chi connectivity index (χ2n) is 8.98. The quantitative estimate of drug-likeness (QED) is 0.160. The van der Waals surface area contributed by atoms with E-state index in [2.05, 4.69) is 63.1 Å². The first-order chi connectivity index (χ1) is 14.1. The van der Waals surface area contributed by atoms with Crippen molar-refractivity contribution in [3.05, 3.63) is 21.6 Å². The minimum Gasteiger partial charge on any atom is -1.00 e. The second-order valence-corrected chi connectivity index (χ2v) is 14.9. The Morgan fingerprint density at radius 1 is 0.765 bits per heavy atom. The van der Waals surface area contributed by atoms with Crippen molar-refractivity contribution in [2.24, 2.45) is 11.5 Å². The van der Waals surface area contributed by atoms with Crippen LogP contribution in [0.5, 0.6) is 0 Å². The van der Waals surface area contributed by atoms with Gasteiger partial charge in [-0.1, -0.05) is 65.2 Å². The molecule has 0 unspecified atom stereocenters. The van der Waals surface area contributed by atoms with Gasteiger partial charge in [-0.2, -0.15) is 0 Å². The van der Waals surface area contributed by atoms with Crippen LogP contribution >= 0.6 is 0 Å². The monoisotopic (exact) mass is 614 g/mol. The molecule has 0 bridgehead atoms. The van der Waals surface area contributed by atoms with Crippen LogP contribution < -0.4 is 61.1 Å². The standard InChI is InChI=1S/2C8H17NO.C8H13Si.4ClH.V/c2*1-2-3-4-5-6-7-8(9)10;1-9(2,3)8-6-4-5-7-8;;;;;/h2*2-7H2,1H3,(H2,9,10);4,6H,5H2,1-3H3;4*1H;/q;;;;;;;+4/p-4. The second kappa shape index (κ2) is 31.4. The maximum atomic E-state index is 10.3. The molecule has 1 aliphatic carbocycles. The van der Waals surface area contributed by atoms with E-state index in [1.807, 2.05) is 0 Å². The van der Waals surface area contributed by atoms with Crippen LogP contribution in [0, 0.1) is 0 Å². The molecule has 10 heteroatoms. The summed E-state index contributed by atoms with van der Waals surface area (Å²) < 4.78 is 1.53. The van der Waals surface area contributed by atoms with Gasteiger partial charge in [-0.05, 0) is 12.8 Å². The van der Waals surface area contributed by atoms with E-state index in [4.69, 9.17) is 11.5 Å². The molecule has 0 aromatic rings. The Kier molecular flexibility index (Phi) is 43.9. The number of primary amides is 2. The number of hydrogen-bond donors (Lipinski definition) is 2. The Balaban J connectivity index is -0.0000000817.